The van der Waals surface area contributed by atoms with E-state index in [1.54, 1.807) is 0 Å². The lowest BCUT2D eigenvalue weighted by atomic mass is 9.86. The van der Waals surface area contributed by atoms with E-state index in [9.17, 15) is 4.79 Å². The Kier molecular flexibility index (Phi) is 1.42. The van der Waals surface area contributed by atoms with Gasteiger partial charge < -0.3 is 10.2 Å². The van der Waals surface area contributed by atoms with Crippen LogP contribution in [-0.2, 0) is 4.79 Å². The standard InChI is InChI=1S/C8H14N2O/c1-10-5-3-8(7(10)11)2-4-9-6-8/h9H,2-6H2,1H3/t8-/m0/s1. The molecule has 1 amide bonds. The topological polar surface area (TPSA) is 32.3 Å². The number of likely N-dealkylation sites (tertiary alicyclic amines) is 1. The summed E-state index contributed by atoms with van der Waals surface area (Å²) in [7, 11) is 1.90. The van der Waals surface area contributed by atoms with Crippen molar-refractivity contribution in [3.05, 3.63) is 0 Å². The number of hydrogen-bond donors (Lipinski definition) is 1. The Balaban J connectivity index is 2.20. The summed E-state index contributed by atoms with van der Waals surface area (Å²) in [6.07, 6.45) is 2.09. The van der Waals surface area contributed by atoms with Crippen LogP contribution >= 0.6 is 0 Å². The van der Waals surface area contributed by atoms with Gasteiger partial charge in [0, 0.05) is 20.1 Å². The summed E-state index contributed by atoms with van der Waals surface area (Å²) >= 11 is 0. The van der Waals surface area contributed by atoms with Crippen LogP contribution in [0.5, 0.6) is 0 Å². The molecule has 1 N–H and O–H groups in total. The third-order valence-electron chi connectivity index (χ3n) is 2.97. The first-order chi connectivity index (χ1) is 5.25. The summed E-state index contributed by atoms with van der Waals surface area (Å²) in [6.45, 7) is 2.86. The second-order valence-corrected chi connectivity index (χ2v) is 3.68. The van der Waals surface area contributed by atoms with Gasteiger partial charge in [-0.1, -0.05) is 0 Å². The molecule has 2 aliphatic rings. The molecule has 2 rings (SSSR count). The number of nitrogens with zero attached hydrogens (tertiary/aromatic N) is 1. The largest absolute Gasteiger partial charge is 0.345 e. The first-order valence-electron chi connectivity index (χ1n) is 4.21. The molecule has 2 saturated heterocycles. The number of nitrogens with one attached hydrogen (secondary N) is 1. The van der Waals surface area contributed by atoms with Crippen LogP contribution in [0, 0.1) is 5.41 Å². The fourth-order valence-electron chi connectivity index (χ4n) is 2.13. The lowest BCUT2D eigenvalue weighted by Gasteiger charge is -2.18. The molecule has 1 spiro atoms. The molecule has 0 aromatic rings. The predicted octanol–water partition coefficient (Wildman–Crippen LogP) is -0.172. The Labute approximate surface area is 66.8 Å². The fraction of sp³-hybridized carbons (Fsp3) is 0.875. The SMILES string of the molecule is CN1CC[C@]2(CCNC2)C1=O. The Hall–Kier alpha value is -0.570. The van der Waals surface area contributed by atoms with Gasteiger partial charge in [-0.3, -0.25) is 4.79 Å². The summed E-state index contributed by atoms with van der Waals surface area (Å²) in [4.78, 5) is 13.5. The van der Waals surface area contributed by atoms with Crippen LogP contribution in [0.1, 0.15) is 12.8 Å². The van der Waals surface area contributed by atoms with Gasteiger partial charge >= 0.3 is 0 Å². The molecule has 0 bridgehead atoms. The first kappa shape index (κ1) is 7.10. The van der Waals surface area contributed by atoms with Crippen LogP contribution in [0.4, 0.5) is 0 Å². The summed E-state index contributed by atoms with van der Waals surface area (Å²) in [5.41, 5.74) is -0.00521. The molecule has 2 heterocycles. The van der Waals surface area contributed by atoms with Crippen LogP contribution in [0.3, 0.4) is 0 Å². The minimum Gasteiger partial charge on any atom is -0.345 e. The molecular weight excluding hydrogens is 140 g/mol. The number of carbonyl (C=O) groups is 1. The Bertz CT molecular complexity index is 185. The second kappa shape index (κ2) is 2.21. The third-order valence-corrected chi connectivity index (χ3v) is 2.97. The monoisotopic (exact) mass is 154 g/mol. The van der Waals surface area contributed by atoms with E-state index in [0.29, 0.717) is 5.91 Å². The van der Waals surface area contributed by atoms with E-state index in [-0.39, 0.29) is 5.41 Å². The van der Waals surface area contributed by atoms with Crippen molar-refractivity contribution in [1.82, 2.24) is 10.2 Å². The highest BCUT2D eigenvalue weighted by Crippen LogP contribution is 2.36. The molecule has 11 heavy (non-hydrogen) atoms. The highest BCUT2D eigenvalue weighted by atomic mass is 16.2. The Morgan fingerprint density at radius 2 is 2.36 bits per heavy atom. The highest BCUT2D eigenvalue weighted by molar-refractivity contribution is 5.85. The van der Waals surface area contributed by atoms with Gasteiger partial charge in [-0.25, -0.2) is 0 Å². The average Bonchev–Trinajstić information content (AvgIpc) is 2.56. The van der Waals surface area contributed by atoms with Gasteiger partial charge in [0.15, 0.2) is 0 Å². The van der Waals surface area contributed by atoms with Gasteiger partial charge in [-0.2, -0.15) is 0 Å². The molecule has 3 nitrogen and oxygen atoms in total. The van der Waals surface area contributed by atoms with Crippen molar-refractivity contribution in [2.75, 3.05) is 26.7 Å². The molecule has 0 aromatic heterocycles. The molecule has 3 heteroatoms. The van der Waals surface area contributed by atoms with Crippen molar-refractivity contribution < 1.29 is 4.79 Å². The normalized spacial score (nSPS) is 37.5. The zero-order chi connectivity index (χ0) is 7.90. The van der Waals surface area contributed by atoms with Crippen molar-refractivity contribution in [3.63, 3.8) is 0 Å². The summed E-state index contributed by atoms with van der Waals surface area (Å²) < 4.78 is 0. The molecule has 0 unspecified atom stereocenters. The lowest BCUT2D eigenvalue weighted by molar-refractivity contribution is -0.134. The minimum atomic E-state index is -0.00521. The number of hydrogen-bond acceptors (Lipinski definition) is 2. The lowest BCUT2D eigenvalue weighted by Crippen LogP contribution is -2.34. The average molecular weight is 154 g/mol. The number of carbonyl (C=O) groups excluding carboxylic acids is 1. The van der Waals surface area contributed by atoms with Crippen molar-refractivity contribution >= 4 is 5.91 Å². The molecule has 0 radical (unpaired) electrons. The van der Waals surface area contributed by atoms with Gasteiger partial charge in [-0.15, -0.1) is 0 Å². The van der Waals surface area contributed by atoms with Gasteiger partial charge in [0.05, 0.1) is 5.41 Å². The Morgan fingerprint density at radius 1 is 1.55 bits per heavy atom. The first-order valence-corrected chi connectivity index (χ1v) is 4.21. The maximum atomic E-state index is 11.6. The van der Waals surface area contributed by atoms with Crippen molar-refractivity contribution in [2.24, 2.45) is 5.41 Å². The molecule has 2 aliphatic heterocycles. The molecule has 0 saturated carbocycles. The van der Waals surface area contributed by atoms with Gasteiger partial charge in [0.1, 0.15) is 0 Å². The quantitative estimate of drug-likeness (QED) is 0.525. The van der Waals surface area contributed by atoms with Gasteiger partial charge in [0.2, 0.25) is 5.91 Å². The van der Waals surface area contributed by atoms with Crippen molar-refractivity contribution in [2.45, 2.75) is 12.8 Å². The van der Waals surface area contributed by atoms with Crippen LogP contribution in [0.2, 0.25) is 0 Å². The number of rotatable bonds is 0. The molecule has 0 aliphatic carbocycles. The van der Waals surface area contributed by atoms with E-state index in [2.05, 4.69) is 5.32 Å². The molecule has 62 valence electrons. The highest BCUT2D eigenvalue weighted by Gasteiger charge is 2.46. The zero-order valence-electron chi connectivity index (χ0n) is 6.89. The van der Waals surface area contributed by atoms with Gasteiger partial charge in [-0.05, 0) is 19.4 Å². The van der Waals surface area contributed by atoms with E-state index >= 15 is 0 Å². The van der Waals surface area contributed by atoms with E-state index in [0.717, 1.165) is 32.5 Å². The summed E-state index contributed by atoms with van der Waals surface area (Å²) in [5, 5.41) is 3.26. The second-order valence-electron chi connectivity index (χ2n) is 3.68. The van der Waals surface area contributed by atoms with Crippen LogP contribution in [0.15, 0.2) is 0 Å². The van der Waals surface area contributed by atoms with Crippen LogP contribution < -0.4 is 5.32 Å². The minimum absolute atomic E-state index is 0.00521. The van der Waals surface area contributed by atoms with Crippen LogP contribution in [0.25, 0.3) is 0 Å². The maximum Gasteiger partial charge on any atom is 0.229 e. The van der Waals surface area contributed by atoms with Crippen molar-refractivity contribution in [1.29, 1.82) is 0 Å². The van der Waals surface area contributed by atoms with Crippen molar-refractivity contribution in [3.8, 4) is 0 Å². The van der Waals surface area contributed by atoms with Gasteiger partial charge in [0.25, 0.3) is 0 Å². The molecule has 1 atom stereocenters. The van der Waals surface area contributed by atoms with Crippen LogP contribution in [-0.4, -0.2) is 37.5 Å². The molecule has 2 fully saturated rings. The predicted molar refractivity (Wildman–Crippen MR) is 42.2 cm³/mol. The fourth-order valence-corrected chi connectivity index (χ4v) is 2.13. The zero-order valence-corrected chi connectivity index (χ0v) is 6.89. The Morgan fingerprint density at radius 3 is 2.82 bits per heavy atom. The van der Waals surface area contributed by atoms with E-state index < -0.39 is 0 Å². The van der Waals surface area contributed by atoms with E-state index in [4.69, 9.17) is 0 Å². The van der Waals surface area contributed by atoms with E-state index in [1.807, 2.05) is 11.9 Å². The third kappa shape index (κ3) is 0.872. The summed E-state index contributed by atoms with van der Waals surface area (Å²) in [5.74, 6) is 0.350. The molecular formula is C8H14N2O. The summed E-state index contributed by atoms with van der Waals surface area (Å²) in [6, 6.07) is 0. The van der Waals surface area contributed by atoms with E-state index in [1.165, 1.54) is 0 Å². The molecule has 0 aromatic carbocycles. The number of amides is 1. The maximum absolute atomic E-state index is 11.6. The smallest absolute Gasteiger partial charge is 0.229 e.